The van der Waals surface area contributed by atoms with E-state index < -0.39 is 11.7 Å². The van der Waals surface area contributed by atoms with Crippen LogP contribution < -0.4 is 16.2 Å². The maximum absolute atomic E-state index is 13.7. The molecule has 1 unspecified atom stereocenters. The smallest absolute Gasteiger partial charge is 0.356 e. The molecular weight excluding hydrogens is 397 g/mol. The number of nitrogens with one attached hydrogen (secondary N) is 3. The molecule has 2 aliphatic rings. The highest BCUT2D eigenvalue weighted by Crippen LogP contribution is 2.39. The number of aromatic nitrogens is 4. The number of fused-ring (bicyclic) bond motifs is 1. The van der Waals surface area contributed by atoms with Gasteiger partial charge in [0, 0.05) is 48.2 Å². The third-order valence-electron chi connectivity index (χ3n) is 5.69. The summed E-state index contributed by atoms with van der Waals surface area (Å²) in [5.41, 5.74) is -0.863. The van der Waals surface area contributed by atoms with Crippen LogP contribution >= 0.6 is 0 Å². The molecule has 1 aliphatic carbocycles. The quantitative estimate of drug-likeness (QED) is 0.605. The van der Waals surface area contributed by atoms with Gasteiger partial charge in [-0.05, 0) is 38.3 Å². The molecule has 1 atom stereocenters. The molecule has 0 radical (unpaired) electrons. The van der Waals surface area contributed by atoms with Crippen molar-refractivity contribution in [3.63, 3.8) is 0 Å². The minimum absolute atomic E-state index is 0.0528. The van der Waals surface area contributed by atoms with Crippen LogP contribution in [0.25, 0.3) is 22.2 Å². The van der Waals surface area contributed by atoms with E-state index in [1.807, 2.05) is 0 Å². The molecule has 2 fully saturated rings. The van der Waals surface area contributed by atoms with E-state index in [0.717, 1.165) is 38.4 Å². The van der Waals surface area contributed by atoms with Gasteiger partial charge in [0.1, 0.15) is 11.1 Å². The first-order valence-electron chi connectivity index (χ1n) is 10.1. The topological polar surface area (TPSA) is 87.6 Å². The number of nitrogens with zero attached hydrogens (tertiary/aromatic N) is 3. The van der Waals surface area contributed by atoms with Gasteiger partial charge in [-0.2, -0.15) is 13.2 Å². The van der Waals surface area contributed by atoms with Crippen molar-refractivity contribution < 1.29 is 13.2 Å². The van der Waals surface area contributed by atoms with E-state index in [9.17, 15) is 18.0 Å². The van der Waals surface area contributed by atoms with Crippen molar-refractivity contribution in [3.8, 4) is 11.3 Å². The van der Waals surface area contributed by atoms with E-state index >= 15 is 0 Å². The number of anilines is 1. The van der Waals surface area contributed by atoms with Gasteiger partial charge in [0.05, 0.1) is 5.69 Å². The van der Waals surface area contributed by atoms with Crippen LogP contribution in [0.4, 0.5) is 19.1 Å². The van der Waals surface area contributed by atoms with Gasteiger partial charge in [0.25, 0.3) is 5.56 Å². The number of hydrogen-bond donors (Lipinski definition) is 3. The minimum Gasteiger partial charge on any atom is -0.356 e. The largest absolute Gasteiger partial charge is 0.419 e. The molecule has 3 aromatic heterocycles. The van der Waals surface area contributed by atoms with Gasteiger partial charge < -0.3 is 20.2 Å². The van der Waals surface area contributed by atoms with Gasteiger partial charge in [-0.25, -0.2) is 9.97 Å². The lowest BCUT2D eigenvalue weighted by atomic mass is 10.1. The Morgan fingerprint density at radius 3 is 2.77 bits per heavy atom. The Morgan fingerprint density at radius 2 is 2.07 bits per heavy atom. The SMILES string of the molecule is O=c1c2[nH]cc(-c3nc(NC4CCCNC4)ncc3C(F)(F)F)c2ccn1C1CC1. The van der Waals surface area contributed by atoms with Crippen LogP contribution in [0.15, 0.2) is 29.5 Å². The second-order valence-electron chi connectivity index (χ2n) is 7.89. The Bertz CT molecular complexity index is 1140. The van der Waals surface area contributed by atoms with Crippen LogP contribution in [0.3, 0.4) is 0 Å². The number of pyridine rings is 1. The summed E-state index contributed by atoms with van der Waals surface area (Å²) in [6, 6.07) is 1.91. The van der Waals surface area contributed by atoms with Crippen LogP contribution in [0.2, 0.25) is 0 Å². The number of alkyl halides is 3. The summed E-state index contributed by atoms with van der Waals surface area (Å²) in [6.45, 7) is 1.62. The lowest BCUT2D eigenvalue weighted by Crippen LogP contribution is -2.38. The normalized spacial score (nSPS) is 19.9. The molecule has 10 heteroatoms. The zero-order valence-electron chi connectivity index (χ0n) is 16.1. The molecule has 1 saturated carbocycles. The average molecular weight is 418 g/mol. The molecule has 30 heavy (non-hydrogen) atoms. The summed E-state index contributed by atoms with van der Waals surface area (Å²) in [5.74, 6) is 0.146. The zero-order chi connectivity index (χ0) is 20.9. The molecule has 0 aromatic carbocycles. The highest BCUT2D eigenvalue weighted by atomic mass is 19.4. The van der Waals surface area contributed by atoms with Crippen molar-refractivity contribution in [2.24, 2.45) is 0 Å². The minimum atomic E-state index is -4.62. The van der Waals surface area contributed by atoms with Crippen molar-refractivity contribution >= 4 is 16.9 Å². The molecule has 7 nitrogen and oxygen atoms in total. The van der Waals surface area contributed by atoms with Crippen LogP contribution in [0, 0.1) is 0 Å². The predicted octanol–water partition coefficient (Wildman–Crippen LogP) is 3.30. The number of piperidine rings is 1. The second-order valence-corrected chi connectivity index (χ2v) is 7.89. The lowest BCUT2D eigenvalue weighted by molar-refractivity contribution is -0.137. The van der Waals surface area contributed by atoms with E-state index in [2.05, 4.69) is 25.6 Å². The monoisotopic (exact) mass is 418 g/mol. The Kier molecular flexibility index (Phi) is 4.53. The first kappa shape index (κ1) is 19.1. The summed E-state index contributed by atoms with van der Waals surface area (Å²) in [6.07, 6.45) is 3.01. The lowest BCUT2D eigenvalue weighted by Gasteiger charge is -2.24. The summed E-state index contributed by atoms with van der Waals surface area (Å²) < 4.78 is 42.7. The summed E-state index contributed by atoms with van der Waals surface area (Å²) in [7, 11) is 0. The summed E-state index contributed by atoms with van der Waals surface area (Å²) in [5, 5.41) is 6.79. The highest BCUT2D eigenvalue weighted by Gasteiger charge is 2.36. The molecular formula is C20H21F3N6O. The van der Waals surface area contributed by atoms with E-state index in [-0.39, 0.29) is 40.4 Å². The molecule has 5 rings (SSSR count). The fourth-order valence-electron chi connectivity index (χ4n) is 3.99. The second kappa shape index (κ2) is 7.12. The molecule has 158 valence electrons. The summed E-state index contributed by atoms with van der Waals surface area (Å²) in [4.78, 5) is 23.7. The zero-order valence-corrected chi connectivity index (χ0v) is 16.1. The van der Waals surface area contributed by atoms with E-state index in [1.165, 1.54) is 6.20 Å². The molecule has 3 N–H and O–H groups in total. The Morgan fingerprint density at radius 1 is 1.23 bits per heavy atom. The standard InChI is InChI=1S/C20H21F3N6O/c21-20(22,23)15-10-26-19(27-11-2-1-6-24-8-11)28-16(15)14-9-25-17-13(14)5-7-29(18(17)30)12-3-4-12/h5,7,9-12,24-25H,1-4,6,8H2,(H,26,27,28). The van der Waals surface area contributed by atoms with Crippen molar-refractivity contribution in [3.05, 3.63) is 40.6 Å². The summed E-state index contributed by atoms with van der Waals surface area (Å²) >= 11 is 0. The molecule has 1 aliphatic heterocycles. The van der Waals surface area contributed by atoms with Crippen LogP contribution in [-0.4, -0.2) is 38.7 Å². The maximum atomic E-state index is 13.7. The van der Waals surface area contributed by atoms with Crippen molar-refractivity contribution in [1.82, 2.24) is 24.8 Å². The van der Waals surface area contributed by atoms with Gasteiger partial charge in [-0.15, -0.1) is 0 Å². The van der Waals surface area contributed by atoms with E-state index in [1.54, 1.807) is 16.8 Å². The Balaban J connectivity index is 1.60. The first-order valence-corrected chi connectivity index (χ1v) is 10.1. The molecule has 0 spiro atoms. The van der Waals surface area contributed by atoms with E-state index in [0.29, 0.717) is 11.9 Å². The average Bonchev–Trinajstić information content (AvgIpc) is 3.46. The maximum Gasteiger partial charge on any atom is 0.419 e. The fourth-order valence-corrected chi connectivity index (χ4v) is 3.99. The van der Waals surface area contributed by atoms with Crippen LogP contribution in [-0.2, 0) is 6.18 Å². The van der Waals surface area contributed by atoms with Gasteiger partial charge in [-0.1, -0.05) is 0 Å². The van der Waals surface area contributed by atoms with Gasteiger partial charge in [0.2, 0.25) is 5.95 Å². The number of halogens is 3. The van der Waals surface area contributed by atoms with Gasteiger partial charge in [-0.3, -0.25) is 4.79 Å². The highest BCUT2D eigenvalue weighted by molar-refractivity contribution is 5.95. The molecule has 4 heterocycles. The molecule has 1 saturated heterocycles. The Labute approximate surface area is 169 Å². The molecule has 0 amide bonds. The number of H-pyrrole nitrogens is 1. The Hall–Kier alpha value is -2.88. The van der Waals surface area contributed by atoms with Crippen molar-refractivity contribution in [2.75, 3.05) is 18.4 Å². The number of rotatable bonds is 4. The predicted molar refractivity (Wildman–Crippen MR) is 106 cm³/mol. The molecule has 3 aromatic rings. The van der Waals surface area contributed by atoms with Crippen LogP contribution in [0.1, 0.15) is 37.3 Å². The van der Waals surface area contributed by atoms with Gasteiger partial charge >= 0.3 is 6.18 Å². The van der Waals surface area contributed by atoms with E-state index in [4.69, 9.17) is 0 Å². The van der Waals surface area contributed by atoms with Crippen molar-refractivity contribution in [2.45, 2.75) is 43.9 Å². The third-order valence-corrected chi connectivity index (χ3v) is 5.69. The first-order chi connectivity index (χ1) is 14.4. The number of aromatic amines is 1. The number of hydrogen-bond acceptors (Lipinski definition) is 5. The molecule has 0 bridgehead atoms. The van der Waals surface area contributed by atoms with Crippen molar-refractivity contribution in [1.29, 1.82) is 0 Å². The third kappa shape index (κ3) is 3.45. The van der Waals surface area contributed by atoms with Gasteiger partial charge in [0.15, 0.2) is 0 Å². The van der Waals surface area contributed by atoms with Crippen LogP contribution in [0.5, 0.6) is 0 Å². The fraction of sp³-hybridized carbons (Fsp3) is 0.450.